The molecular weight excluding hydrogens is 382 g/mol. The topological polar surface area (TPSA) is 76.8 Å². The van der Waals surface area contributed by atoms with E-state index in [1.54, 1.807) is 35.2 Å². The second-order valence-electron chi connectivity index (χ2n) is 7.21. The Morgan fingerprint density at radius 3 is 2.43 bits per heavy atom. The van der Waals surface area contributed by atoms with Gasteiger partial charge < -0.3 is 14.1 Å². The van der Waals surface area contributed by atoms with Crippen LogP contribution >= 0.6 is 0 Å². The van der Waals surface area contributed by atoms with E-state index in [2.05, 4.69) is 6.07 Å². The minimum absolute atomic E-state index is 0.0212. The van der Waals surface area contributed by atoms with Gasteiger partial charge in [-0.1, -0.05) is 48.5 Å². The second-order valence-corrected chi connectivity index (χ2v) is 7.21. The summed E-state index contributed by atoms with van der Waals surface area (Å²) in [6, 6.07) is 18.1. The molecule has 6 nitrogen and oxygen atoms in total. The van der Waals surface area contributed by atoms with Gasteiger partial charge in [-0.3, -0.25) is 9.59 Å². The highest BCUT2D eigenvalue weighted by atomic mass is 16.5. The zero-order valence-electron chi connectivity index (χ0n) is 16.6. The second kappa shape index (κ2) is 8.37. The smallest absolute Gasteiger partial charge is 0.374 e. The van der Waals surface area contributed by atoms with Gasteiger partial charge >= 0.3 is 5.97 Å². The third-order valence-corrected chi connectivity index (χ3v) is 5.19. The average molecular weight is 403 g/mol. The SMILES string of the molecule is CC(=O)c1ccc(-c2ccc(C(=O)OCC(=O)N3CCc4ccccc4C3)o2)cc1. The molecule has 0 aliphatic carbocycles. The van der Waals surface area contributed by atoms with Gasteiger partial charge in [-0.05, 0) is 36.6 Å². The first-order valence-electron chi connectivity index (χ1n) is 9.74. The van der Waals surface area contributed by atoms with E-state index in [0.717, 1.165) is 17.5 Å². The Balaban J connectivity index is 1.34. The maximum absolute atomic E-state index is 12.4. The summed E-state index contributed by atoms with van der Waals surface area (Å²) in [5.41, 5.74) is 3.71. The Morgan fingerprint density at radius 1 is 0.967 bits per heavy atom. The monoisotopic (exact) mass is 403 g/mol. The maximum Gasteiger partial charge on any atom is 0.374 e. The standard InChI is InChI=1S/C24H21NO5/c1-16(26)17-6-8-19(9-7-17)21-10-11-22(30-21)24(28)29-15-23(27)25-13-12-18-4-2-3-5-20(18)14-25/h2-11H,12-15H2,1H3. The molecule has 0 unspecified atom stereocenters. The average Bonchev–Trinajstić information content (AvgIpc) is 3.27. The van der Waals surface area contributed by atoms with Crippen LogP contribution in [0, 0.1) is 0 Å². The van der Waals surface area contributed by atoms with Crippen molar-refractivity contribution >= 4 is 17.7 Å². The number of Topliss-reactive ketones (excluding diaryl/α,β-unsaturated/α-hetero) is 1. The lowest BCUT2D eigenvalue weighted by atomic mass is 10.00. The van der Waals surface area contributed by atoms with E-state index in [1.165, 1.54) is 18.6 Å². The normalized spacial score (nSPS) is 12.9. The van der Waals surface area contributed by atoms with E-state index >= 15 is 0 Å². The van der Waals surface area contributed by atoms with Crippen molar-refractivity contribution in [2.24, 2.45) is 0 Å². The number of furan rings is 1. The number of rotatable bonds is 5. The van der Waals surface area contributed by atoms with E-state index in [-0.39, 0.29) is 24.1 Å². The molecule has 0 saturated heterocycles. The van der Waals surface area contributed by atoms with Gasteiger partial charge in [0.05, 0.1) is 0 Å². The van der Waals surface area contributed by atoms with Crippen LogP contribution in [0.15, 0.2) is 65.1 Å². The Labute approximate surface area is 174 Å². The van der Waals surface area contributed by atoms with Gasteiger partial charge in [-0.15, -0.1) is 0 Å². The zero-order chi connectivity index (χ0) is 21.1. The molecule has 0 atom stereocenters. The number of hydrogen-bond donors (Lipinski definition) is 0. The number of carbonyl (C=O) groups is 3. The summed E-state index contributed by atoms with van der Waals surface area (Å²) in [7, 11) is 0. The number of carbonyl (C=O) groups excluding carboxylic acids is 3. The van der Waals surface area contributed by atoms with Crippen LogP contribution in [0.3, 0.4) is 0 Å². The fourth-order valence-corrected chi connectivity index (χ4v) is 3.47. The van der Waals surface area contributed by atoms with Gasteiger partial charge in [0.1, 0.15) is 5.76 Å². The lowest BCUT2D eigenvalue weighted by molar-refractivity contribution is -0.135. The Morgan fingerprint density at radius 2 is 1.70 bits per heavy atom. The van der Waals surface area contributed by atoms with E-state index in [0.29, 0.717) is 24.4 Å². The first-order chi connectivity index (χ1) is 14.5. The van der Waals surface area contributed by atoms with Gasteiger partial charge in [-0.2, -0.15) is 0 Å². The number of amides is 1. The molecule has 0 N–H and O–H groups in total. The molecule has 0 spiro atoms. The van der Waals surface area contributed by atoms with E-state index < -0.39 is 5.97 Å². The molecule has 2 aromatic carbocycles. The third-order valence-electron chi connectivity index (χ3n) is 5.19. The highest BCUT2D eigenvalue weighted by Gasteiger charge is 2.22. The predicted octanol–water partition coefficient (Wildman–Crippen LogP) is 3.89. The van der Waals surface area contributed by atoms with Crippen LogP contribution in [-0.4, -0.2) is 35.7 Å². The van der Waals surface area contributed by atoms with Crippen molar-refractivity contribution < 1.29 is 23.5 Å². The van der Waals surface area contributed by atoms with Crippen LogP contribution in [0.1, 0.15) is 39.0 Å². The predicted molar refractivity (Wildman–Crippen MR) is 110 cm³/mol. The Bertz CT molecular complexity index is 1100. The summed E-state index contributed by atoms with van der Waals surface area (Å²) in [6.07, 6.45) is 0.791. The molecule has 0 fully saturated rings. The summed E-state index contributed by atoms with van der Waals surface area (Å²) in [4.78, 5) is 37.8. The largest absolute Gasteiger partial charge is 0.450 e. The van der Waals surface area contributed by atoms with Crippen molar-refractivity contribution in [3.8, 4) is 11.3 Å². The molecule has 1 aromatic heterocycles. The lowest BCUT2D eigenvalue weighted by Gasteiger charge is -2.28. The molecule has 2 heterocycles. The zero-order valence-corrected chi connectivity index (χ0v) is 16.6. The van der Waals surface area contributed by atoms with Crippen molar-refractivity contribution in [1.82, 2.24) is 4.90 Å². The highest BCUT2D eigenvalue weighted by molar-refractivity contribution is 5.94. The minimum atomic E-state index is -0.688. The Kier molecular flexibility index (Phi) is 5.48. The van der Waals surface area contributed by atoms with E-state index in [1.807, 2.05) is 18.2 Å². The molecule has 30 heavy (non-hydrogen) atoms. The molecule has 4 rings (SSSR count). The quantitative estimate of drug-likeness (QED) is 0.477. The number of esters is 1. The molecule has 1 aliphatic rings. The molecule has 0 saturated carbocycles. The van der Waals surface area contributed by atoms with E-state index in [9.17, 15) is 14.4 Å². The van der Waals surface area contributed by atoms with Gasteiger partial charge in [-0.25, -0.2) is 4.79 Å². The number of ketones is 1. The summed E-state index contributed by atoms with van der Waals surface area (Å²) in [6.45, 7) is 2.30. The number of hydrogen-bond acceptors (Lipinski definition) is 5. The number of fused-ring (bicyclic) bond motifs is 1. The molecule has 0 radical (unpaired) electrons. The van der Waals surface area contributed by atoms with Crippen molar-refractivity contribution in [1.29, 1.82) is 0 Å². The van der Waals surface area contributed by atoms with Crippen molar-refractivity contribution in [2.45, 2.75) is 19.9 Å². The number of ether oxygens (including phenoxy) is 1. The molecule has 1 amide bonds. The van der Waals surface area contributed by atoms with Gasteiger partial charge in [0.15, 0.2) is 12.4 Å². The van der Waals surface area contributed by atoms with Crippen LogP contribution in [0.4, 0.5) is 0 Å². The summed E-state index contributed by atoms with van der Waals surface area (Å²) < 4.78 is 10.7. The molecule has 0 bridgehead atoms. The maximum atomic E-state index is 12.4. The number of benzene rings is 2. The lowest BCUT2D eigenvalue weighted by Crippen LogP contribution is -2.38. The van der Waals surface area contributed by atoms with Crippen molar-refractivity contribution in [3.63, 3.8) is 0 Å². The van der Waals surface area contributed by atoms with Gasteiger partial charge in [0.2, 0.25) is 5.76 Å². The van der Waals surface area contributed by atoms with Gasteiger partial charge in [0.25, 0.3) is 5.91 Å². The highest BCUT2D eigenvalue weighted by Crippen LogP contribution is 2.23. The molecule has 6 heteroatoms. The minimum Gasteiger partial charge on any atom is -0.450 e. The van der Waals surface area contributed by atoms with Crippen LogP contribution in [0.25, 0.3) is 11.3 Å². The molecule has 3 aromatic rings. The number of nitrogens with zero attached hydrogens (tertiary/aromatic N) is 1. The molecule has 1 aliphatic heterocycles. The third kappa shape index (κ3) is 4.17. The van der Waals surface area contributed by atoms with E-state index in [4.69, 9.17) is 9.15 Å². The first-order valence-corrected chi connectivity index (χ1v) is 9.74. The fraction of sp³-hybridized carbons (Fsp3) is 0.208. The summed E-state index contributed by atoms with van der Waals surface area (Å²) in [5, 5.41) is 0. The van der Waals surface area contributed by atoms with Crippen molar-refractivity contribution in [3.05, 3.63) is 83.1 Å². The van der Waals surface area contributed by atoms with Crippen LogP contribution in [0.2, 0.25) is 0 Å². The summed E-state index contributed by atoms with van der Waals surface area (Å²) >= 11 is 0. The first kappa shape index (κ1) is 19.6. The van der Waals surface area contributed by atoms with Crippen molar-refractivity contribution in [2.75, 3.05) is 13.2 Å². The summed E-state index contributed by atoms with van der Waals surface area (Å²) in [5.74, 6) is -0.433. The van der Waals surface area contributed by atoms with Crippen LogP contribution in [-0.2, 0) is 22.5 Å². The van der Waals surface area contributed by atoms with Crippen LogP contribution in [0.5, 0.6) is 0 Å². The fourth-order valence-electron chi connectivity index (χ4n) is 3.47. The molecular formula is C24H21NO5. The van der Waals surface area contributed by atoms with Gasteiger partial charge in [0, 0.05) is 24.2 Å². The van der Waals surface area contributed by atoms with Crippen LogP contribution < -0.4 is 0 Å². The molecule has 152 valence electrons. The Hall–Kier alpha value is -3.67.